The minimum Gasteiger partial charge on any atom is -0.378 e. The second-order valence-electron chi connectivity index (χ2n) is 9.29. The van der Waals surface area contributed by atoms with Gasteiger partial charge < -0.3 is 20.5 Å². The van der Waals surface area contributed by atoms with Gasteiger partial charge in [0.25, 0.3) is 0 Å². The Bertz CT molecular complexity index is 1120. The molecule has 3 N–H and O–H groups in total. The van der Waals surface area contributed by atoms with Gasteiger partial charge in [-0.25, -0.2) is 4.79 Å². The molecule has 2 heterocycles. The van der Waals surface area contributed by atoms with Gasteiger partial charge in [-0.2, -0.15) is 0 Å². The molecule has 2 aromatic carbocycles. The summed E-state index contributed by atoms with van der Waals surface area (Å²) in [5.74, 6) is 1.49. The van der Waals surface area contributed by atoms with Crippen LogP contribution in [-0.4, -0.2) is 34.8 Å². The van der Waals surface area contributed by atoms with E-state index < -0.39 is 0 Å². The molecule has 0 spiro atoms. The van der Waals surface area contributed by atoms with Gasteiger partial charge in [0, 0.05) is 52.4 Å². The lowest BCUT2D eigenvalue weighted by atomic mass is 9.93. The third kappa shape index (κ3) is 7.07. The number of carbonyl (C=O) groups is 1. The van der Waals surface area contributed by atoms with Gasteiger partial charge in [0.1, 0.15) is 0 Å². The van der Waals surface area contributed by atoms with Crippen LogP contribution in [0.1, 0.15) is 63.9 Å². The Morgan fingerprint density at radius 3 is 2.57 bits per heavy atom. The Morgan fingerprint density at radius 1 is 1.03 bits per heavy atom. The van der Waals surface area contributed by atoms with Crippen molar-refractivity contribution in [1.82, 2.24) is 9.88 Å². The molecule has 0 bridgehead atoms. The van der Waals surface area contributed by atoms with Crippen molar-refractivity contribution in [2.75, 3.05) is 29.5 Å². The number of anilines is 2. The molecule has 6 heteroatoms. The first-order chi connectivity index (χ1) is 17.2. The summed E-state index contributed by atoms with van der Waals surface area (Å²) in [7, 11) is 0. The molecule has 1 aliphatic rings. The number of amides is 2. The van der Waals surface area contributed by atoms with Gasteiger partial charge in [-0.15, -0.1) is 11.8 Å². The summed E-state index contributed by atoms with van der Waals surface area (Å²) in [6, 6.07) is 13.8. The van der Waals surface area contributed by atoms with Crippen LogP contribution >= 0.6 is 11.8 Å². The molecular formula is C29H38N4OS. The zero-order chi connectivity index (χ0) is 24.5. The van der Waals surface area contributed by atoms with Gasteiger partial charge in [0.05, 0.1) is 0 Å². The zero-order valence-corrected chi connectivity index (χ0v) is 21.8. The fourth-order valence-electron chi connectivity index (χ4n) is 4.56. The SMILES string of the molecule is CCCCCCN1C=CC(c2c[nH]c3ccc(NC(=O)Nc4ccc(SCCC)cc4)cc23)CC1. The average molecular weight is 491 g/mol. The van der Waals surface area contributed by atoms with E-state index in [1.165, 1.54) is 41.5 Å². The van der Waals surface area contributed by atoms with Crippen molar-refractivity contribution in [1.29, 1.82) is 0 Å². The van der Waals surface area contributed by atoms with E-state index in [4.69, 9.17) is 0 Å². The summed E-state index contributed by atoms with van der Waals surface area (Å²) in [6.07, 6.45) is 14.2. The maximum atomic E-state index is 12.6. The van der Waals surface area contributed by atoms with Gasteiger partial charge >= 0.3 is 6.03 Å². The number of nitrogens with zero attached hydrogens (tertiary/aromatic N) is 1. The number of allylic oxidation sites excluding steroid dienone is 1. The van der Waals surface area contributed by atoms with Crippen LogP contribution in [0, 0.1) is 0 Å². The number of hydrogen-bond acceptors (Lipinski definition) is 3. The second kappa shape index (κ2) is 12.7. The van der Waals surface area contributed by atoms with Crippen molar-refractivity contribution in [2.24, 2.45) is 0 Å². The number of thioether (sulfide) groups is 1. The maximum absolute atomic E-state index is 12.6. The lowest BCUT2D eigenvalue weighted by Gasteiger charge is -2.28. The van der Waals surface area contributed by atoms with Crippen LogP contribution in [0.25, 0.3) is 10.9 Å². The first-order valence-electron chi connectivity index (χ1n) is 13.0. The molecule has 0 fully saturated rings. The number of carbonyl (C=O) groups excluding carboxylic acids is 1. The van der Waals surface area contributed by atoms with Crippen molar-refractivity contribution >= 4 is 40.1 Å². The van der Waals surface area contributed by atoms with E-state index in [0.29, 0.717) is 5.92 Å². The van der Waals surface area contributed by atoms with E-state index in [1.807, 2.05) is 36.0 Å². The molecule has 0 radical (unpaired) electrons. The maximum Gasteiger partial charge on any atom is 0.323 e. The minimum absolute atomic E-state index is 0.230. The molecule has 0 saturated carbocycles. The highest BCUT2D eigenvalue weighted by molar-refractivity contribution is 7.99. The van der Waals surface area contributed by atoms with E-state index in [0.717, 1.165) is 48.6 Å². The number of unbranched alkanes of at least 4 members (excludes halogenated alkanes) is 3. The van der Waals surface area contributed by atoms with E-state index in [1.54, 1.807) is 0 Å². The highest BCUT2D eigenvalue weighted by Gasteiger charge is 2.18. The quantitative estimate of drug-likeness (QED) is 0.187. The number of nitrogens with one attached hydrogen (secondary N) is 3. The topological polar surface area (TPSA) is 60.2 Å². The predicted molar refractivity (Wildman–Crippen MR) is 151 cm³/mol. The van der Waals surface area contributed by atoms with Crippen LogP contribution in [0.4, 0.5) is 16.2 Å². The number of rotatable bonds is 11. The molecule has 0 saturated heterocycles. The molecule has 1 aromatic heterocycles. The van der Waals surface area contributed by atoms with Gasteiger partial charge in [0.2, 0.25) is 0 Å². The van der Waals surface area contributed by atoms with Crippen LogP contribution in [0.2, 0.25) is 0 Å². The van der Waals surface area contributed by atoms with E-state index >= 15 is 0 Å². The number of benzene rings is 2. The molecule has 186 valence electrons. The summed E-state index contributed by atoms with van der Waals surface area (Å²) in [5.41, 5.74) is 3.98. The fraction of sp³-hybridized carbons (Fsp3) is 0.414. The van der Waals surface area contributed by atoms with Crippen molar-refractivity contribution < 1.29 is 4.79 Å². The van der Waals surface area contributed by atoms with Gasteiger partial charge in [-0.05, 0) is 79.2 Å². The number of H-pyrrole nitrogens is 1. The summed E-state index contributed by atoms with van der Waals surface area (Å²) in [4.78, 5) is 19.7. The summed E-state index contributed by atoms with van der Waals surface area (Å²) in [5, 5.41) is 7.11. The number of hydrogen-bond donors (Lipinski definition) is 3. The highest BCUT2D eigenvalue weighted by Crippen LogP contribution is 2.33. The van der Waals surface area contributed by atoms with E-state index in [2.05, 4.69) is 71.0 Å². The van der Waals surface area contributed by atoms with Gasteiger partial charge in [0.15, 0.2) is 0 Å². The first-order valence-corrected chi connectivity index (χ1v) is 14.0. The van der Waals surface area contributed by atoms with Crippen molar-refractivity contribution in [3.8, 4) is 0 Å². The molecule has 1 unspecified atom stereocenters. The summed E-state index contributed by atoms with van der Waals surface area (Å²) < 4.78 is 0. The van der Waals surface area contributed by atoms with Gasteiger partial charge in [-0.3, -0.25) is 0 Å². The predicted octanol–water partition coefficient (Wildman–Crippen LogP) is 8.20. The molecular weight excluding hydrogens is 452 g/mol. The summed E-state index contributed by atoms with van der Waals surface area (Å²) >= 11 is 1.83. The fourth-order valence-corrected chi connectivity index (χ4v) is 5.33. The Labute approximate surface area is 213 Å². The monoisotopic (exact) mass is 490 g/mol. The van der Waals surface area contributed by atoms with Crippen molar-refractivity contribution in [3.05, 3.63) is 66.5 Å². The molecule has 1 atom stereocenters. The highest BCUT2D eigenvalue weighted by atomic mass is 32.2. The zero-order valence-electron chi connectivity index (χ0n) is 21.0. The standard InChI is InChI=1S/C29H38N4OS/c1-3-5-6-7-16-33-17-14-22(15-18-33)27-21-30-28-13-10-24(20-26(27)28)32-29(34)31-23-8-11-25(12-9-23)35-19-4-2/h8-14,17,20-22,30H,3-7,15-16,18-19H2,1-2H3,(H2,31,32,34). The van der Waals surface area contributed by atoms with Gasteiger partial charge in [-0.1, -0.05) is 39.2 Å². The normalized spacial score (nSPS) is 15.5. The largest absolute Gasteiger partial charge is 0.378 e. The van der Waals surface area contributed by atoms with Crippen LogP contribution in [0.3, 0.4) is 0 Å². The first kappa shape index (κ1) is 25.2. The molecule has 0 aliphatic carbocycles. The Balaban J connectivity index is 1.36. The second-order valence-corrected chi connectivity index (χ2v) is 10.5. The molecule has 2 amide bonds. The Hall–Kier alpha value is -2.86. The molecule has 4 rings (SSSR count). The minimum atomic E-state index is -0.230. The summed E-state index contributed by atoms with van der Waals surface area (Å²) in [6.45, 7) is 6.68. The van der Waals surface area contributed by atoms with Crippen LogP contribution < -0.4 is 10.6 Å². The van der Waals surface area contributed by atoms with Crippen molar-refractivity contribution in [3.63, 3.8) is 0 Å². The lowest BCUT2D eigenvalue weighted by Crippen LogP contribution is -2.25. The number of fused-ring (bicyclic) bond motifs is 1. The van der Waals surface area contributed by atoms with Crippen LogP contribution in [-0.2, 0) is 0 Å². The average Bonchev–Trinajstić information content (AvgIpc) is 3.30. The molecule has 5 nitrogen and oxygen atoms in total. The Kier molecular flexibility index (Phi) is 9.18. The van der Waals surface area contributed by atoms with E-state index in [-0.39, 0.29) is 6.03 Å². The number of aromatic nitrogens is 1. The Morgan fingerprint density at radius 2 is 1.83 bits per heavy atom. The van der Waals surface area contributed by atoms with Crippen LogP contribution in [0.5, 0.6) is 0 Å². The van der Waals surface area contributed by atoms with E-state index in [9.17, 15) is 4.79 Å². The molecule has 3 aromatic rings. The number of aromatic amines is 1. The van der Waals surface area contributed by atoms with Crippen molar-refractivity contribution in [2.45, 2.75) is 63.2 Å². The molecule has 35 heavy (non-hydrogen) atoms. The third-order valence-corrected chi connectivity index (χ3v) is 7.73. The lowest BCUT2D eigenvalue weighted by molar-refractivity contribution is 0.262. The third-order valence-electron chi connectivity index (χ3n) is 6.51. The van der Waals surface area contributed by atoms with Crippen LogP contribution in [0.15, 0.2) is 65.8 Å². The molecule has 1 aliphatic heterocycles. The number of urea groups is 1. The smallest absolute Gasteiger partial charge is 0.323 e.